The number of aliphatic imine (C=N–C) groups is 2. The normalized spacial score (nSPS) is 16.5. The molecule has 1 aromatic carbocycles. The van der Waals surface area contributed by atoms with Crippen LogP contribution in [0.4, 0.5) is 26.1 Å². The van der Waals surface area contributed by atoms with E-state index >= 15 is 0 Å². The van der Waals surface area contributed by atoms with Gasteiger partial charge in [0.2, 0.25) is 0 Å². The molecule has 0 amide bonds. The SMILES string of the molecule is N=C(C=NC=C(C=CNCc1ccnc(Nc2ccc(OF)c(N=CCF)c2)c1)C1CC1)N1CCNCC1. The van der Waals surface area contributed by atoms with E-state index in [-0.39, 0.29) is 11.4 Å². The minimum Gasteiger partial charge on any atom is -0.387 e. The summed E-state index contributed by atoms with van der Waals surface area (Å²) in [5, 5.41) is 17.9. The van der Waals surface area contributed by atoms with Gasteiger partial charge in [0, 0.05) is 61.5 Å². The predicted octanol–water partition coefficient (Wildman–Crippen LogP) is 4.61. The number of piperazine rings is 1. The summed E-state index contributed by atoms with van der Waals surface area (Å²) in [4.78, 5) is 18.4. The lowest BCUT2D eigenvalue weighted by molar-refractivity contribution is -0.00539. The summed E-state index contributed by atoms with van der Waals surface area (Å²) < 4.78 is 25.1. The minimum absolute atomic E-state index is 0.0962. The molecular weight excluding hydrogens is 490 g/mol. The van der Waals surface area contributed by atoms with Crippen molar-refractivity contribution in [3.05, 3.63) is 66.1 Å². The van der Waals surface area contributed by atoms with Gasteiger partial charge in [0.15, 0.2) is 5.75 Å². The van der Waals surface area contributed by atoms with Crippen LogP contribution in [0.2, 0.25) is 0 Å². The number of alkyl halides is 1. The van der Waals surface area contributed by atoms with E-state index in [4.69, 9.17) is 5.41 Å². The number of pyridine rings is 1. The van der Waals surface area contributed by atoms with Gasteiger partial charge >= 0.3 is 0 Å². The van der Waals surface area contributed by atoms with Crippen LogP contribution in [0.5, 0.6) is 5.75 Å². The summed E-state index contributed by atoms with van der Waals surface area (Å²) in [6, 6.07) is 8.39. The second-order valence-corrected chi connectivity index (χ2v) is 8.92. The molecule has 2 fully saturated rings. The molecular formula is C27H32F2N8O. The van der Waals surface area contributed by atoms with Gasteiger partial charge in [-0.1, -0.05) is 0 Å². The van der Waals surface area contributed by atoms with Crippen LogP contribution >= 0.6 is 0 Å². The zero-order valence-electron chi connectivity index (χ0n) is 21.0. The van der Waals surface area contributed by atoms with Gasteiger partial charge in [-0.2, -0.15) is 0 Å². The van der Waals surface area contributed by atoms with E-state index in [1.54, 1.807) is 24.5 Å². The quantitative estimate of drug-likeness (QED) is 0.184. The van der Waals surface area contributed by atoms with Gasteiger partial charge in [0.1, 0.15) is 24.0 Å². The average molecular weight is 523 g/mol. The third-order valence-electron chi connectivity index (χ3n) is 6.06. The van der Waals surface area contributed by atoms with Gasteiger partial charge in [-0.25, -0.2) is 9.37 Å². The fourth-order valence-electron chi connectivity index (χ4n) is 3.91. The smallest absolute Gasteiger partial charge is 0.197 e. The van der Waals surface area contributed by atoms with Crippen LogP contribution < -0.4 is 20.9 Å². The number of benzene rings is 1. The summed E-state index contributed by atoms with van der Waals surface area (Å²) in [5.74, 6) is 1.46. The molecule has 1 saturated carbocycles. The summed E-state index contributed by atoms with van der Waals surface area (Å²) in [5.41, 5.74) is 2.93. The van der Waals surface area contributed by atoms with Crippen molar-refractivity contribution < 1.29 is 13.9 Å². The number of hydrogen-bond acceptors (Lipinski definition) is 8. The summed E-state index contributed by atoms with van der Waals surface area (Å²) in [7, 11) is 0. The Morgan fingerprint density at radius 3 is 2.84 bits per heavy atom. The molecule has 4 rings (SSSR count). The zero-order chi connectivity index (χ0) is 26.6. The Labute approximate surface area is 220 Å². The Hall–Kier alpha value is -4.12. The second-order valence-electron chi connectivity index (χ2n) is 8.92. The molecule has 0 spiro atoms. The summed E-state index contributed by atoms with van der Waals surface area (Å²) in [6.07, 6.45) is 12.5. The second kappa shape index (κ2) is 14.0. The number of allylic oxidation sites excluding steroid dienone is 2. The Morgan fingerprint density at radius 2 is 2.08 bits per heavy atom. The summed E-state index contributed by atoms with van der Waals surface area (Å²) in [6.45, 7) is 3.27. The number of nitrogens with zero attached hydrogens (tertiary/aromatic N) is 4. The highest BCUT2D eigenvalue weighted by Crippen LogP contribution is 2.37. The molecule has 2 heterocycles. The van der Waals surface area contributed by atoms with Crippen molar-refractivity contribution in [2.75, 3.05) is 38.2 Å². The number of anilines is 2. The van der Waals surface area contributed by atoms with E-state index in [0.29, 0.717) is 29.8 Å². The van der Waals surface area contributed by atoms with Crippen LogP contribution in [0, 0.1) is 11.3 Å². The first kappa shape index (κ1) is 26.9. The third kappa shape index (κ3) is 8.20. The van der Waals surface area contributed by atoms with Crippen LogP contribution in [-0.2, 0) is 6.54 Å². The molecule has 2 aromatic rings. The van der Waals surface area contributed by atoms with Crippen molar-refractivity contribution in [1.82, 2.24) is 20.5 Å². The molecule has 0 atom stereocenters. The van der Waals surface area contributed by atoms with Gasteiger partial charge in [-0.3, -0.25) is 20.3 Å². The van der Waals surface area contributed by atoms with E-state index < -0.39 is 6.67 Å². The predicted molar refractivity (Wildman–Crippen MR) is 147 cm³/mol. The number of hydrogen-bond donors (Lipinski definition) is 4. The lowest BCUT2D eigenvalue weighted by atomic mass is 10.2. The Morgan fingerprint density at radius 1 is 1.24 bits per heavy atom. The lowest BCUT2D eigenvalue weighted by Crippen LogP contribution is -2.46. The third-order valence-corrected chi connectivity index (χ3v) is 6.06. The van der Waals surface area contributed by atoms with E-state index in [2.05, 4.69) is 35.9 Å². The maximum atomic E-state index is 12.7. The Bertz CT molecular complexity index is 1200. The van der Waals surface area contributed by atoms with Gasteiger partial charge < -0.3 is 20.9 Å². The molecule has 0 unspecified atom stereocenters. The van der Waals surface area contributed by atoms with Crippen LogP contribution in [0.1, 0.15) is 18.4 Å². The zero-order valence-corrected chi connectivity index (χ0v) is 21.0. The van der Waals surface area contributed by atoms with E-state index in [1.807, 2.05) is 35.5 Å². The average Bonchev–Trinajstić information content (AvgIpc) is 3.79. The molecule has 1 aliphatic heterocycles. The van der Waals surface area contributed by atoms with Crippen molar-refractivity contribution in [2.45, 2.75) is 19.4 Å². The van der Waals surface area contributed by atoms with Gasteiger partial charge in [0.25, 0.3) is 0 Å². The number of nitrogens with one attached hydrogen (secondary N) is 4. The first-order chi connectivity index (χ1) is 18.7. The standard InChI is InChI=1S/C27H32F2N8O/c28-7-10-34-24-16-23(3-4-25(24)38-29)36-27-15-20(5-9-35-27)17-32-8-6-22(21-1-2-21)18-33-19-26(30)37-13-11-31-12-14-37/h3-6,8-10,15-16,18-19,21,30-32H,1-2,7,11-14,17H2,(H,35,36). The van der Waals surface area contributed by atoms with Crippen LogP contribution in [0.3, 0.4) is 0 Å². The molecule has 9 nitrogen and oxygen atoms in total. The molecule has 0 radical (unpaired) electrons. The number of rotatable bonds is 12. The monoisotopic (exact) mass is 522 g/mol. The molecule has 38 heavy (non-hydrogen) atoms. The minimum atomic E-state index is -0.763. The van der Waals surface area contributed by atoms with Crippen LogP contribution in [-0.4, -0.2) is 61.0 Å². The molecule has 0 bridgehead atoms. The fourth-order valence-corrected chi connectivity index (χ4v) is 3.91. The van der Waals surface area contributed by atoms with Crippen LogP contribution in [0.15, 0.2) is 70.6 Å². The van der Waals surface area contributed by atoms with Crippen molar-refractivity contribution in [3.8, 4) is 5.75 Å². The Balaban J connectivity index is 1.31. The van der Waals surface area contributed by atoms with Crippen molar-refractivity contribution in [1.29, 1.82) is 5.41 Å². The highest BCUT2D eigenvalue weighted by atomic mass is 19.3. The van der Waals surface area contributed by atoms with E-state index in [9.17, 15) is 8.92 Å². The van der Waals surface area contributed by atoms with Crippen molar-refractivity contribution >= 4 is 35.5 Å². The maximum Gasteiger partial charge on any atom is 0.197 e. The molecule has 1 aromatic heterocycles. The fraction of sp³-hybridized carbons (Fsp3) is 0.333. The van der Waals surface area contributed by atoms with Crippen molar-refractivity contribution in [2.24, 2.45) is 15.9 Å². The molecule has 1 saturated heterocycles. The maximum absolute atomic E-state index is 12.7. The van der Waals surface area contributed by atoms with Gasteiger partial charge in [-0.15, -0.1) is 0 Å². The summed E-state index contributed by atoms with van der Waals surface area (Å²) >= 11 is 0. The van der Waals surface area contributed by atoms with Crippen LogP contribution in [0.25, 0.3) is 0 Å². The molecule has 4 N–H and O–H groups in total. The first-order valence-electron chi connectivity index (χ1n) is 12.6. The van der Waals surface area contributed by atoms with Gasteiger partial charge in [-0.05, 0) is 72.5 Å². The number of aromatic nitrogens is 1. The molecule has 200 valence electrons. The topological polar surface area (TPSA) is 110 Å². The van der Waals surface area contributed by atoms with E-state index in [1.165, 1.54) is 6.07 Å². The van der Waals surface area contributed by atoms with Gasteiger partial charge in [0.05, 0.1) is 6.21 Å². The van der Waals surface area contributed by atoms with E-state index in [0.717, 1.165) is 56.4 Å². The number of halogens is 2. The molecule has 1 aliphatic carbocycles. The highest BCUT2D eigenvalue weighted by molar-refractivity contribution is 6.27. The highest BCUT2D eigenvalue weighted by Gasteiger charge is 2.24. The first-order valence-corrected chi connectivity index (χ1v) is 12.6. The lowest BCUT2D eigenvalue weighted by Gasteiger charge is -2.27. The molecule has 11 heteroatoms. The Kier molecular flexibility index (Phi) is 9.91. The number of amidine groups is 1. The molecule has 2 aliphatic rings. The largest absolute Gasteiger partial charge is 0.387 e. The van der Waals surface area contributed by atoms with Crippen molar-refractivity contribution in [3.63, 3.8) is 0 Å².